The summed E-state index contributed by atoms with van der Waals surface area (Å²) in [5, 5.41) is 0.236. The van der Waals surface area contributed by atoms with Gasteiger partial charge in [-0.1, -0.05) is 20.8 Å². The maximum absolute atomic E-state index is 13.9. The van der Waals surface area contributed by atoms with Crippen molar-refractivity contribution in [3.05, 3.63) is 52.9 Å². The Morgan fingerprint density at radius 1 is 0.870 bits per heavy atom. The number of halogens is 6. The summed E-state index contributed by atoms with van der Waals surface area (Å²) < 4.78 is 106. The van der Waals surface area contributed by atoms with E-state index in [1.807, 2.05) is 20.8 Å². The maximum atomic E-state index is 13.9. The van der Waals surface area contributed by atoms with Crippen LogP contribution in [0.4, 0.5) is 26.3 Å². The van der Waals surface area contributed by atoms with E-state index in [1.165, 1.54) is 43.5 Å². The van der Waals surface area contributed by atoms with Crippen LogP contribution < -0.4 is 25.6 Å². The van der Waals surface area contributed by atoms with Gasteiger partial charge in [0, 0.05) is 28.6 Å². The molecule has 0 radical (unpaired) electrons. The van der Waals surface area contributed by atoms with E-state index >= 15 is 0 Å². The van der Waals surface area contributed by atoms with Crippen LogP contribution in [0.15, 0.2) is 51.7 Å². The number of carbonyl (C=O) groups is 1. The second-order valence-corrected chi connectivity index (χ2v) is 13.0. The first-order valence-electron chi connectivity index (χ1n) is 14.1. The van der Waals surface area contributed by atoms with Gasteiger partial charge in [0.2, 0.25) is 0 Å². The number of fused-ring (bicyclic) bond motifs is 1. The lowest BCUT2D eigenvalue weighted by molar-refractivity contribution is -0.274. The van der Waals surface area contributed by atoms with Crippen molar-refractivity contribution >= 4 is 16.9 Å². The zero-order chi connectivity index (χ0) is 34.9. The minimum atomic E-state index is -5.07. The molecule has 0 spiro atoms. The number of methoxy groups -OCH3 is 1. The minimum absolute atomic E-state index is 0.0454. The molecule has 46 heavy (non-hydrogen) atoms. The molecule has 0 saturated carbocycles. The van der Waals surface area contributed by atoms with E-state index < -0.39 is 60.0 Å². The zero-order valence-electron chi connectivity index (χ0n) is 26.4. The van der Waals surface area contributed by atoms with E-state index in [0.717, 1.165) is 6.07 Å². The molecule has 14 heteroatoms. The van der Waals surface area contributed by atoms with Crippen molar-refractivity contribution in [1.82, 2.24) is 0 Å². The summed E-state index contributed by atoms with van der Waals surface area (Å²) in [5.41, 5.74) is 1.86. The van der Waals surface area contributed by atoms with Gasteiger partial charge >= 0.3 is 24.1 Å². The average molecular weight is 662 g/mol. The monoisotopic (exact) mass is 661 g/mol. The summed E-state index contributed by atoms with van der Waals surface area (Å²) in [5.74, 6) is -3.83. The first-order valence-corrected chi connectivity index (χ1v) is 14.1. The highest BCUT2D eigenvalue weighted by Gasteiger charge is 2.49. The van der Waals surface area contributed by atoms with Crippen LogP contribution in [0.25, 0.3) is 22.1 Å². The number of nitrogens with two attached hydrogens (primary N) is 1. The normalized spacial score (nSPS) is 14.8. The molecule has 0 bridgehead atoms. The Hall–Kier alpha value is -3.94. The topological polar surface area (TPSA) is 110 Å². The number of alkyl halides is 6. The second kappa shape index (κ2) is 13.0. The van der Waals surface area contributed by atoms with Crippen molar-refractivity contribution in [1.29, 1.82) is 0 Å². The van der Waals surface area contributed by atoms with Crippen LogP contribution in [-0.2, 0) is 9.53 Å². The highest BCUT2D eigenvalue weighted by Crippen LogP contribution is 2.42. The van der Waals surface area contributed by atoms with E-state index in [2.05, 4.69) is 4.74 Å². The van der Waals surface area contributed by atoms with E-state index in [4.69, 9.17) is 24.4 Å². The first-order chi connectivity index (χ1) is 20.9. The molecule has 0 aliphatic carbocycles. The van der Waals surface area contributed by atoms with Gasteiger partial charge < -0.3 is 29.1 Å². The van der Waals surface area contributed by atoms with Gasteiger partial charge in [-0.3, -0.25) is 4.79 Å². The highest BCUT2D eigenvalue weighted by atomic mass is 19.4. The number of carbonyl (C=O) groups excluding carboxylic acids is 1. The summed E-state index contributed by atoms with van der Waals surface area (Å²) in [6.45, 7) is 8.46. The van der Waals surface area contributed by atoms with Crippen LogP contribution in [0.2, 0.25) is 0 Å². The quantitative estimate of drug-likeness (QED) is 0.127. The molecule has 2 unspecified atom stereocenters. The van der Waals surface area contributed by atoms with Crippen LogP contribution >= 0.6 is 0 Å². The summed E-state index contributed by atoms with van der Waals surface area (Å²) in [6, 6.07) is 8.55. The molecule has 0 aliphatic rings. The molecule has 1 heterocycles. The Labute approximate surface area is 261 Å². The summed E-state index contributed by atoms with van der Waals surface area (Å²) >= 11 is 0. The molecular formula is C32H37F6NO7. The number of rotatable bonds is 11. The maximum Gasteiger partial charge on any atom is 0.573 e. The number of benzene rings is 2. The third-order valence-corrected chi connectivity index (χ3v) is 7.50. The molecule has 0 fully saturated rings. The molecule has 254 valence electrons. The summed E-state index contributed by atoms with van der Waals surface area (Å²) in [4.78, 5) is 25.9. The predicted octanol–water partition coefficient (Wildman–Crippen LogP) is 7.65. The molecule has 0 amide bonds. The highest BCUT2D eigenvalue weighted by molar-refractivity contribution is 5.84. The van der Waals surface area contributed by atoms with Crippen molar-refractivity contribution in [3.63, 3.8) is 0 Å². The average Bonchev–Trinajstić information content (AvgIpc) is 2.89. The first kappa shape index (κ1) is 36.5. The van der Waals surface area contributed by atoms with Crippen LogP contribution in [0.5, 0.6) is 17.2 Å². The summed E-state index contributed by atoms with van der Waals surface area (Å²) in [7, 11) is 1.24. The zero-order valence-corrected chi connectivity index (χ0v) is 26.4. The Morgan fingerprint density at radius 2 is 1.50 bits per heavy atom. The Bertz CT molecular complexity index is 1600. The molecule has 0 saturated heterocycles. The van der Waals surface area contributed by atoms with E-state index in [0.29, 0.717) is 0 Å². The van der Waals surface area contributed by atoms with Gasteiger partial charge in [0.25, 0.3) is 0 Å². The number of esters is 1. The molecule has 3 aromatic rings. The molecule has 2 aromatic carbocycles. The van der Waals surface area contributed by atoms with Gasteiger partial charge in [-0.2, -0.15) is 13.2 Å². The van der Waals surface area contributed by atoms with Crippen LogP contribution in [0, 0.1) is 16.7 Å². The van der Waals surface area contributed by atoms with Gasteiger partial charge in [-0.25, -0.2) is 4.79 Å². The fourth-order valence-corrected chi connectivity index (χ4v) is 4.82. The van der Waals surface area contributed by atoms with E-state index in [9.17, 15) is 35.9 Å². The largest absolute Gasteiger partial charge is 0.573 e. The van der Waals surface area contributed by atoms with Crippen molar-refractivity contribution in [3.8, 4) is 28.4 Å². The van der Waals surface area contributed by atoms with Gasteiger partial charge in [0.05, 0.1) is 18.1 Å². The molecule has 8 nitrogen and oxygen atoms in total. The number of hydrogen-bond donors (Lipinski definition) is 1. The number of ether oxygens (including phenoxy) is 4. The lowest BCUT2D eigenvalue weighted by Gasteiger charge is -2.43. The van der Waals surface area contributed by atoms with E-state index in [-0.39, 0.29) is 45.4 Å². The molecule has 2 atom stereocenters. The van der Waals surface area contributed by atoms with Crippen LogP contribution in [0.1, 0.15) is 48.0 Å². The number of hydrogen-bond acceptors (Lipinski definition) is 8. The molecule has 0 aliphatic heterocycles. The van der Waals surface area contributed by atoms with Gasteiger partial charge in [-0.05, 0) is 62.9 Å². The van der Waals surface area contributed by atoms with Crippen LogP contribution in [-0.4, -0.2) is 44.4 Å². The standard InChI is InChI=1S/C32H37F6NO7/c1-28(2,3)17-30(6,29(4,5)39)27(41)44-16-19(31(33,34)35)15-43-21-9-8-18-12-23(26(40)45-24(18)14-21)22-11-10-20(42-7)13-25(22)46-32(36,37)38/h8-14,19H,15-17,39H2,1-7H3. The van der Waals surface area contributed by atoms with Crippen molar-refractivity contribution in [2.75, 3.05) is 20.3 Å². The minimum Gasteiger partial charge on any atom is -0.497 e. The van der Waals surface area contributed by atoms with Crippen molar-refractivity contribution in [2.45, 2.75) is 66.0 Å². The fraction of sp³-hybridized carbons (Fsp3) is 0.500. The van der Waals surface area contributed by atoms with E-state index in [1.54, 1.807) is 20.8 Å². The van der Waals surface area contributed by atoms with Gasteiger partial charge in [0.15, 0.2) is 0 Å². The predicted molar refractivity (Wildman–Crippen MR) is 158 cm³/mol. The molecule has 3 rings (SSSR count). The third kappa shape index (κ3) is 9.08. The third-order valence-electron chi connectivity index (χ3n) is 7.50. The Morgan fingerprint density at radius 3 is 2.04 bits per heavy atom. The van der Waals surface area contributed by atoms with Crippen molar-refractivity contribution in [2.24, 2.45) is 22.5 Å². The lowest BCUT2D eigenvalue weighted by atomic mass is 9.65. The van der Waals surface area contributed by atoms with Crippen molar-refractivity contribution < 1.29 is 54.5 Å². The fourth-order valence-electron chi connectivity index (χ4n) is 4.82. The molecular weight excluding hydrogens is 624 g/mol. The molecule has 1 aromatic heterocycles. The summed E-state index contributed by atoms with van der Waals surface area (Å²) in [6.07, 6.45) is -9.61. The SMILES string of the molecule is COc1ccc(-c2cc3ccc(OCC(COC(=O)C(C)(CC(C)(C)C)C(C)(C)N)C(F)(F)F)cc3oc2=O)c(OC(F)(F)F)c1. The smallest absolute Gasteiger partial charge is 0.497 e. The van der Waals surface area contributed by atoms with Gasteiger partial charge in [0.1, 0.15) is 42.0 Å². The Balaban J connectivity index is 1.83. The Kier molecular flexibility index (Phi) is 10.4. The lowest BCUT2D eigenvalue weighted by Crippen LogP contribution is -2.56. The van der Waals surface area contributed by atoms with Crippen LogP contribution in [0.3, 0.4) is 0 Å². The molecule has 2 N–H and O–H groups in total. The second-order valence-electron chi connectivity index (χ2n) is 13.0. The van der Waals surface area contributed by atoms with Gasteiger partial charge in [-0.15, -0.1) is 13.2 Å².